The van der Waals surface area contributed by atoms with Crippen molar-refractivity contribution in [1.82, 2.24) is 0 Å². The summed E-state index contributed by atoms with van der Waals surface area (Å²) in [5, 5.41) is 23.3. The molecular weight excluding hydrogens is 609 g/mol. The zero-order valence-electron chi connectivity index (χ0n) is 27.1. The van der Waals surface area contributed by atoms with Gasteiger partial charge in [0.15, 0.2) is 0 Å². The van der Waals surface area contributed by atoms with Gasteiger partial charge in [-0.1, -0.05) is 112 Å². The van der Waals surface area contributed by atoms with Crippen LogP contribution in [0.2, 0.25) is 5.04 Å². The maximum absolute atomic E-state index is 13.3. The summed E-state index contributed by atoms with van der Waals surface area (Å²) in [7, 11) is -2.89. The lowest BCUT2D eigenvalue weighted by Gasteiger charge is -2.45. The Labute approximate surface area is 278 Å². The monoisotopic (exact) mass is 654 g/mol. The number of ketones is 1. The summed E-state index contributed by atoms with van der Waals surface area (Å²) < 4.78 is 8.92. The molecule has 3 aromatic carbocycles. The van der Waals surface area contributed by atoms with Crippen LogP contribution < -0.4 is 10.4 Å². The molecule has 46 heavy (non-hydrogen) atoms. The Morgan fingerprint density at radius 2 is 1.61 bits per heavy atom. The van der Waals surface area contributed by atoms with Crippen LogP contribution in [0.25, 0.3) is 10.1 Å². The van der Waals surface area contributed by atoms with Gasteiger partial charge in [0, 0.05) is 28.3 Å². The van der Waals surface area contributed by atoms with E-state index in [9.17, 15) is 14.7 Å². The van der Waals surface area contributed by atoms with Crippen LogP contribution in [0.1, 0.15) is 76.7 Å². The number of Topliss-reactive ketones (excluding diaryl/α,β-unsaturated/α-hetero) is 1. The number of hydrogen-bond donors (Lipinski definition) is 2. The fraction of sp³-hybridized carbons (Fsp3) is 0.385. The third-order valence-electron chi connectivity index (χ3n) is 9.41. The number of carboxylic acids is 1. The molecule has 2 N–H and O–H groups in total. The van der Waals surface area contributed by atoms with Crippen molar-refractivity contribution in [2.24, 2.45) is 11.8 Å². The molecule has 5 rings (SSSR count). The number of aliphatic hydroxyl groups excluding tert-OH is 1. The van der Waals surface area contributed by atoms with Gasteiger partial charge >= 0.3 is 5.97 Å². The van der Waals surface area contributed by atoms with Gasteiger partial charge in [-0.05, 0) is 71.0 Å². The average molecular weight is 655 g/mol. The maximum Gasteiger partial charge on any atom is 0.303 e. The van der Waals surface area contributed by atoms with Crippen molar-refractivity contribution in [3.63, 3.8) is 0 Å². The molecule has 1 aliphatic rings. The Morgan fingerprint density at radius 1 is 0.978 bits per heavy atom. The van der Waals surface area contributed by atoms with E-state index >= 15 is 0 Å². The van der Waals surface area contributed by atoms with Crippen LogP contribution in [0.4, 0.5) is 0 Å². The topological polar surface area (TPSA) is 83.8 Å². The minimum atomic E-state index is -2.89. The summed E-state index contributed by atoms with van der Waals surface area (Å²) in [6.45, 7) is 6.87. The quantitative estimate of drug-likeness (QED) is 0.0817. The number of benzene rings is 3. The summed E-state index contributed by atoms with van der Waals surface area (Å²) in [4.78, 5) is 25.3. The number of rotatable bonds is 14. The Morgan fingerprint density at radius 3 is 2.22 bits per heavy atom. The van der Waals surface area contributed by atoms with E-state index in [1.165, 1.54) is 20.5 Å². The molecule has 1 fully saturated rings. The second-order valence-electron chi connectivity index (χ2n) is 13.5. The normalized spacial score (nSPS) is 19.7. The molecule has 1 saturated carbocycles. The van der Waals surface area contributed by atoms with E-state index < -0.39 is 20.4 Å². The molecule has 1 aliphatic carbocycles. The molecule has 4 aromatic rings. The third kappa shape index (κ3) is 7.60. The number of aliphatic carboxylic acids is 1. The molecule has 0 amide bonds. The first kappa shape index (κ1) is 34.0. The van der Waals surface area contributed by atoms with Gasteiger partial charge in [-0.2, -0.15) is 0 Å². The first-order valence-electron chi connectivity index (χ1n) is 16.4. The fourth-order valence-electron chi connectivity index (χ4n) is 7.11. The molecule has 4 atom stereocenters. The smallest absolute Gasteiger partial charge is 0.303 e. The van der Waals surface area contributed by atoms with Gasteiger partial charge in [0.1, 0.15) is 5.78 Å². The Bertz CT molecular complexity index is 1550. The van der Waals surface area contributed by atoms with Crippen LogP contribution in [0, 0.1) is 11.8 Å². The van der Waals surface area contributed by atoms with Crippen LogP contribution in [-0.4, -0.2) is 36.4 Å². The molecule has 1 aromatic heterocycles. The molecule has 0 aliphatic heterocycles. The van der Waals surface area contributed by atoms with Gasteiger partial charge in [0.2, 0.25) is 0 Å². The highest BCUT2D eigenvalue weighted by molar-refractivity contribution is 7.19. The fourth-order valence-corrected chi connectivity index (χ4v) is 13.0. The van der Waals surface area contributed by atoms with Gasteiger partial charge in [0.05, 0.1) is 12.2 Å². The number of carbonyl (C=O) groups excluding carboxylic acids is 1. The molecule has 0 unspecified atom stereocenters. The summed E-state index contributed by atoms with van der Waals surface area (Å²) in [6.07, 6.45) is 6.59. The lowest BCUT2D eigenvalue weighted by atomic mass is 9.86. The van der Waals surface area contributed by atoms with Crippen molar-refractivity contribution in [3.05, 3.63) is 108 Å². The Hall–Kier alpha value is -3.36. The van der Waals surface area contributed by atoms with Crippen molar-refractivity contribution in [1.29, 1.82) is 0 Å². The molecule has 242 valence electrons. The number of carbonyl (C=O) groups is 2. The number of aliphatic hydroxyl groups is 1. The Kier molecular flexibility index (Phi) is 11.1. The molecule has 0 saturated heterocycles. The molecule has 1 heterocycles. The third-order valence-corrected chi connectivity index (χ3v) is 15.7. The van der Waals surface area contributed by atoms with E-state index in [2.05, 4.69) is 112 Å². The van der Waals surface area contributed by atoms with E-state index in [0.717, 1.165) is 4.88 Å². The number of thiophene rings is 1. The van der Waals surface area contributed by atoms with Gasteiger partial charge in [-0.3, -0.25) is 9.59 Å². The van der Waals surface area contributed by atoms with Crippen molar-refractivity contribution >= 4 is 51.9 Å². The van der Waals surface area contributed by atoms with Crippen molar-refractivity contribution < 1.29 is 24.2 Å². The molecule has 0 spiro atoms. The van der Waals surface area contributed by atoms with Crippen molar-refractivity contribution in [2.75, 3.05) is 0 Å². The second-order valence-corrected chi connectivity index (χ2v) is 18.9. The predicted molar refractivity (Wildman–Crippen MR) is 190 cm³/mol. The standard InChI is InChI=1S/C39H46O5SSi/c1-39(2,3)46(29-17-8-6-9-18-29,30-19-10-7-11-20-30)44-35(37-26-28-16-14-15-22-36(28)45-37)25-24-32-31(33(40)27-34(32)41)21-12-4-5-13-23-38(42)43/h4,6-12,14-20,22,26,31-33,35,40H,5,13,21,23-25,27H2,1-3H3,(H,42,43)/b12-4-/t31-,32-,33-,35-/m1/s1. The van der Waals surface area contributed by atoms with Crippen LogP contribution in [-0.2, 0) is 14.0 Å². The molecule has 0 radical (unpaired) electrons. The number of unbranched alkanes of at least 4 members (excludes halogenated alkanes) is 1. The summed E-state index contributed by atoms with van der Waals surface area (Å²) in [6, 6.07) is 32.0. The average Bonchev–Trinajstić information content (AvgIpc) is 3.58. The minimum Gasteiger partial charge on any atom is -0.481 e. The van der Waals surface area contributed by atoms with Crippen LogP contribution in [0.5, 0.6) is 0 Å². The first-order valence-corrected chi connectivity index (χ1v) is 19.2. The molecule has 5 nitrogen and oxygen atoms in total. The zero-order chi connectivity index (χ0) is 32.7. The first-order chi connectivity index (χ1) is 22.1. The van der Waals surface area contributed by atoms with Gasteiger partial charge in [0.25, 0.3) is 8.32 Å². The largest absolute Gasteiger partial charge is 0.481 e. The van der Waals surface area contributed by atoms with Crippen molar-refractivity contribution in [3.8, 4) is 0 Å². The lowest BCUT2D eigenvalue weighted by Crippen LogP contribution is -2.66. The van der Waals surface area contributed by atoms with E-state index in [-0.39, 0.29) is 41.6 Å². The zero-order valence-corrected chi connectivity index (χ0v) is 28.9. The highest BCUT2D eigenvalue weighted by Crippen LogP contribution is 2.45. The molecule has 0 bridgehead atoms. The van der Waals surface area contributed by atoms with Gasteiger partial charge < -0.3 is 14.6 Å². The summed E-state index contributed by atoms with van der Waals surface area (Å²) in [5.74, 6) is -1.08. The SMILES string of the molecule is CC(C)(C)[Si](O[C@H](CC[C@H]1C(=O)C[C@@H](O)[C@@H]1C/C=C\CCCC(=O)O)c1cc2ccccc2s1)(c1ccccc1)c1ccccc1. The highest BCUT2D eigenvalue weighted by atomic mass is 32.1. The van der Waals surface area contributed by atoms with E-state index in [4.69, 9.17) is 9.53 Å². The maximum atomic E-state index is 13.3. The predicted octanol–water partition coefficient (Wildman–Crippen LogP) is 8.07. The van der Waals surface area contributed by atoms with Gasteiger partial charge in [-0.25, -0.2) is 0 Å². The minimum absolute atomic E-state index is 0.123. The molecule has 7 heteroatoms. The van der Waals surface area contributed by atoms with Crippen molar-refractivity contribution in [2.45, 2.75) is 83.0 Å². The second kappa shape index (κ2) is 15.0. The number of allylic oxidation sites excluding steroid dienone is 2. The molecular formula is C39H46O5SSi. The van der Waals surface area contributed by atoms with Crippen LogP contribution in [0.3, 0.4) is 0 Å². The summed E-state index contributed by atoms with van der Waals surface area (Å²) in [5.41, 5.74) is 0. The Balaban J connectivity index is 1.49. The summed E-state index contributed by atoms with van der Waals surface area (Å²) >= 11 is 1.77. The van der Waals surface area contributed by atoms with Crippen LogP contribution >= 0.6 is 11.3 Å². The highest BCUT2D eigenvalue weighted by Gasteiger charge is 2.52. The number of fused-ring (bicyclic) bond motifs is 1. The number of carboxylic acid groups (broad SMARTS) is 1. The van der Waals surface area contributed by atoms with Crippen LogP contribution in [0.15, 0.2) is 103 Å². The lowest BCUT2D eigenvalue weighted by molar-refractivity contribution is -0.137. The van der Waals surface area contributed by atoms with E-state index in [1.807, 2.05) is 12.2 Å². The van der Waals surface area contributed by atoms with Gasteiger partial charge in [-0.15, -0.1) is 11.3 Å². The van der Waals surface area contributed by atoms with E-state index in [0.29, 0.717) is 32.1 Å². The van der Waals surface area contributed by atoms with E-state index in [1.54, 1.807) is 11.3 Å². The number of hydrogen-bond acceptors (Lipinski definition) is 5.